The van der Waals surface area contributed by atoms with Crippen LogP contribution in [0, 0.1) is 0 Å². The minimum Gasteiger partial charge on any atom is -0.377 e. The van der Waals surface area contributed by atoms with Crippen LogP contribution in [0.3, 0.4) is 0 Å². The minimum absolute atomic E-state index is 0.0618. The number of hydrogen-bond donors (Lipinski definition) is 1. The van der Waals surface area contributed by atoms with E-state index in [2.05, 4.69) is 16.4 Å². The van der Waals surface area contributed by atoms with Gasteiger partial charge in [-0.1, -0.05) is 47.5 Å². The molecule has 9 heteroatoms. The summed E-state index contributed by atoms with van der Waals surface area (Å²) in [5.74, 6) is -0.303. The largest absolute Gasteiger partial charge is 0.377 e. The first kappa shape index (κ1) is 23.5. The van der Waals surface area contributed by atoms with E-state index in [0.717, 1.165) is 24.8 Å². The van der Waals surface area contributed by atoms with E-state index < -0.39 is 9.84 Å². The van der Waals surface area contributed by atoms with Gasteiger partial charge in [0.05, 0.1) is 22.2 Å². The number of carbonyl (C=O) groups excluding carboxylic acids is 1. The SMILES string of the molecule is CN(C)c1cc(S(=O)(=O)c2cc(Cl)cc(Cl)c2)ncc1C(=O)NC1CCCc2ccccc21. The molecule has 0 aliphatic heterocycles. The third kappa shape index (κ3) is 4.86. The van der Waals surface area contributed by atoms with Crippen molar-refractivity contribution in [2.45, 2.75) is 35.2 Å². The highest BCUT2D eigenvalue weighted by atomic mass is 35.5. The van der Waals surface area contributed by atoms with Crippen LogP contribution >= 0.6 is 23.2 Å². The van der Waals surface area contributed by atoms with Crippen LogP contribution in [-0.2, 0) is 16.3 Å². The van der Waals surface area contributed by atoms with Crippen molar-refractivity contribution < 1.29 is 13.2 Å². The first-order valence-electron chi connectivity index (χ1n) is 10.4. The number of rotatable bonds is 5. The highest BCUT2D eigenvalue weighted by Crippen LogP contribution is 2.32. The number of nitrogens with one attached hydrogen (secondary N) is 1. The fraction of sp³-hybridized carbons (Fsp3) is 0.250. The lowest BCUT2D eigenvalue weighted by Crippen LogP contribution is -2.32. The molecular formula is C24H23Cl2N3O3S. The number of amides is 1. The Balaban J connectivity index is 1.68. The summed E-state index contributed by atoms with van der Waals surface area (Å²) in [6.45, 7) is 0. The maximum Gasteiger partial charge on any atom is 0.255 e. The van der Waals surface area contributed by atoms with Gasteiger partial charge in [0.1, 0.15) is 0 Å². The van der Waals surface area contributed by atoms with E-state index in [4.69, 9.17) is 23.2 Å². The molecule has 6 nitrogen and oxygen atoms in total. The van der Waals surface area contributed by atoms with Crippen molar-refractivity contribution in [3.8, 4) is 0 Å². The van der Waals surface area contributed by atoms with Crippen molar-refractivity contribution in [3.05, 3.63) is 81.5 Å². The summed E-state index contributed by atoms with van der Waals surface area (Å²) in [6, 6.07) is 13.5. The Bertz CT molecular complexity index is 1310. The number of sulfone groups is 1. The summed E-state index contributed by atoms with van der Waals surface area (Å²) in [4.78, 5) is 19.0. The molecule has 0 saturated carbocycles. The van der Waals surface area contributed by atoms with Gasteiger partial charge in [0.15, 0.2) is 5.03 Å². The predicted molar refractivity (Wildman–Crippen MR) is 130 cm³/mol. The molecule has 1 aromatic heterocycles. The number of nitrogens with zero attached hydrogens (tertiary/aromatic N) is 2. The monoisotopic (exact) mass is 503 g/mol. The van der Waals surface area contributed by atoms with Crippen LogP contribution in [-0.4, -0.2) is 33.4 Å². The van der Waals surface area contributed by atoms with E-state index in [-0.39, 0.29) is 31.9 Å². The molecule has 1 aliphatic rings. The second kappa shape index (κ2) is 9.33. The van der Waals surface area contributed by atoms with E-state index in [9.17, 15) is 13.2 Å². The molecule has 1 amide bonds. The van der Waals surface area contributed by atoms with Gasteiger partial charge in [0, 0.05) is 36.4 Å². The molecule has 0 fully saturated rings. The van der Waals surface area contributed by atoms with E-state index >= 15 is 0 Å². The van der Waals surface area contributed by atoms with Crippen LogP contribution in [0.15, 0.2) is 64.6 Å². The zero-order valence-electron chi connectivity index (χ0n) is 18.2. The summed E-state index contributed by atoms with van der Waals surface area (Å²) in [5, 5.41) is 3.32. The molecule has 1 aliphatic carbocycles. The molecule has 0 radical (unpaired) electrons. The van der Waals surface area contributed by atoms with Gasteiger partial charge >= 0.3 is 0 Å². The number of carbonyl (C=O) groups is 1. The first-order chi connectivity index (χ1) is 15.7. The molecule has 2 aromatic carbocycles. The zero-order valence-corrected chi connectivity index (χ0v) is 20.5. The number of pyridine rings is 1. The van der Waals surface area contributed by atoms with Crippen LogP contribution in [0.25, 0.3) is 0 Å². The van der Waals surface area contributed by atoms with E-state index in [0.29, 0.717) is 11.3 Å². The number of hydrogen-bond acceptors (Lipinski definition) is 5. The topological polar surface area (TPSA) is 79.4 Å². The van der Waals surface area contributed by atoms with E-state index in [1.54, 1.807) is 19.0 Å². The molecule has 3 aromatic rings. The lowest BCUT2D eigenvalue weighted by Gasteiger charge is -2.27. The Morgan fingerprint density at radius 1 is 1.09 bits per heavy atom. The molecule has 0 bridgehead atoms. The van der Waals surface area contributed by atoms with Crippen molar-refractivity contribution in [1.29, 1.82) is 0 Å². The Morgan fingerprint density at radius 3 is 2.48 bits per heavy atom. The summed E-state index contributed by atoms with van der Waals surface area (Å²) in [5.41, 5.74) is 3.10. The third-order valence-electron chi connectivity index (χ3n) is 5.68. The number of fused-ring (bicyclic) bond motifs is 1. The number of halogens is 2. The highest BCUT2D eigenvalue weighted by Gasteiger charge is 2.26. The van der Waals surface area contributed by atoms with Crippen LogP contribution in [0.1, 0.15) is 40.4 Å². The second-order valence-corrected chi connectivity index (χ2v) is 10.9. The molecule has 4 rings (SSSR count). The van der Waals surface area contributed by atoms with Gasteiger partial charge in [-0.3, -0.25) is 4.79 Å². The maximum absolute atomic E-state index is 13.2. The first-order valence-corrected chi connectivity index (χ1v) is 12.7. The van der Waals surface area contributed by atoms with Crippen molar-refractivity contribution in [1.82, 2.24) is 10.3 Å². The number of aryl methyl sites for hydroxylation is 1. The molecule has 0 saturated heterocycles. The Hall–Kier alpha value is -2.61. The van der Waals surface area contributed by atoms with Crippen molar-refractivity contribution in [2.75, 3.05) is 19.0 Å². The quantitative estimate of drug-likeness (QED) is 0.524. The average Bonchev–Trinajstić information content (AvgIpc) is 2.78. The number of benzene rings is 2. The summed E-state index contributed by atoms with van der Waals surface area (Å²) >= 11 is 12.0. The summed E-state index contributed by atoms with van der Waals surface area (Å²) in [7, 11) is -0.499. The molecular weight excluding hydrogens is 481 g/mol. The standard InChI is InChI=1S/C24H23Cl2N3O3S/c1-29(2)22-13-23(33(31,32)18-11-16(25)10-17(26)12-18)27-14-20(22)24(30)28-21-9-5-7-15-6-3-4-8-19(15)21/h3-4,6,8,10-14,21H,5,7,9H2,1-2H3,(H,28,30). The molecule has 1 atom stereocenters. The third-order valence-corrected chi connectivity index (χ3v) is 7.75. The highest BCUT2D eigenvalue weighted by molar-refractivity contribution is 7.91. The smallest absolute Gasteiger partial charge is 0.255 e. The molecule has 1 unspecified atom stereocenters. The fourth-order valence-electron chi connectivity index (χ4n) is 4.06. The van der Waals surface area contributed by atoms with E-state index in [1.807, 2.05) is 18.2 Å². The normalized spacial score (nSPS) is 15.6. The van der Waals surface area contributed by atoms with Crippen molar-refractivity contribution in [3.63, 3.8) is 0 Å². The zero-order chi connectivity index (χ0) is 23.8. The number of aromatic nitrogens is 1. The van der Waals surface area contributed by atoms with Crippen LogP contribution in [0.2, 0.25) is 10.0 Å². The second-order valence-electron chi connectivity index (χ2n) is 8.16. The lowest BCUT2D eigenvalue weighted by atomic mass is 9.87. The molecule has 1 N–H and O–H groups in total. The van der Waals surface area contributed by atoms with Crippen molar-refractivity contribution in [2.24, 2.45) is 0 Å². The van der Waals surface area contributed by atoms with Gasteiger partial charge in [0.25, 0.3) is 5.91 Å². The molecule has 172 valence electrons. The van der Waals surface area contributed by atoms with Gasteiger partial charge in [0.2, 0.25) is 9.84 Å². The van der Waals surface area contributed by atoms with Gasteiger partial charge in [-0.2, -0.15) is 0 Å². The Morgan fingerprint density at radius 2 is 1.79 bits per heavy atom. The lowest BCUT2D eigenvalue weighted by molar-refractivity contribution is 0.0933. The van der Waals surface area contributed by atoms with Gasteiger partial charge in [-0.15, -0.1) is 0 Å². The van der Waals surface area contributed by atoms with Gasteiger partial charge < -0.3 is 10.2 Å². The Kier molecular flexibility index (Phi) is 6.66. The van der Waals surface area contributed by atoms with Gasteiger partial charge in [-0.25, -0.2) is 13.4 Å². The molecule has 1 heterocycles. The minimum atomic E-state index is -3.99. The predicted octanol–water partition coefficient (Wildman–Crippen LogP) is 5.09. The van der Waals surface area contributed by atoms with Crippen LogP contribution in [0.5, 0.6) is 0 Å². The van der Waals surface area contributed by atoms with Gasteiger partial charge in [-0.05, 0) is 48.6 Å². The summed E-state index contributed by atoms with van der Waals surface area (Å²) < 4.78 is 26.3. The summed E-state index contributed by atoms with van der Waals surface area (Å²) in [6.07, 6.45) is 4.13. The maximum atomic E-state index is 13.2. The van der Waals surface area contributed by atoms with Crippen LogP contribution < -0.4 is 10.2 Å². The number of anilines is 1. The fourth-order valence-corrected chi connectivity index (χ4v) is 5.98. The average molecular weight is 504 g/mol. The Labute approximate surface area is 203 Å². The van der Waals surface area contributed by atoms with Crippen molar-refractivity contribution >= 4 is 44.6 Å². The van der Waals surface area contributed by atoms with E-state index in [1.165, 1.54) is 36.0 Å². The van der Waals surface area contributed by atoms with Crippen LogP contribution in [0.4, 0.5) is 5.69 Å². The molecule has 33 heavy (non-hydrogen) atoms. The molecule has 0 spiro atoms.